The van der Waals surface area contributed by atoms with Crippen LogP contribution in [0.2, 0.25) is 5.02 Å². The second kappa shape index (κ2) is 7.48. The average molecular weight is 304 g/mol. The largest absolute Gasteiger partial charge is 0.494 e. The Morgan fingerprint density at radius 2 is 1.90 bits per heavy atom. The van der Waals surface area contributed by atoms with Gasteiger partial charge in [-0.2, -0.15) is 0 Å². The van der Waals surface area contributed by atoms with Crippen molar-refractivity contribution in [2.75, 3.05) is 13.2 Å². The summed E-state index contributed by atoms with van der Waals surface area (Å²) in [6, 6.07) is 14.5. The lowest BCUT2D eigenvalue weighted by Gasteiger charge is -2.20. The fourth-order valence-electron chi connectivity index (χ4n) is 2.51. The van der Waals surface area contributed by atoms with Crippen molar-refractivity contribution in [3.8, 4) is 5.75 Å². The molecule has 2 aromatic rings. The van der Waals surface area contributed by atoms with Gasteiger partial charge in [0.05, 0.1) is 12.6 Å². The molecule has 0 aliphatic rings. The van der Waals surface area contributed by atoms with E-state index in [9.17, 15) is 0 Å². The highest BCUT2D eigenvalue weighted by Crippen LogP contribution is 2.28. The Balaban J connectivity index is 2.40. The van der Waals surface area contributed by atoms with Crippen molar-refractivity contribution in [1.82, 2.24) is 5.32 Å². The SMILES string of the molecule is CCNC(c1cc(C)cc(Cl)c1)c1cccc(OCC)c1. The minimum absolute atomic E-state index is 0.118. The van der Waals surface area contributed by atoms with Crippen LogP contribution >= 0.6 is 11.6 Å². The van der Waals surface area contributed by atoms with Crippen molar-refractivity contribution in [3.05, 3.63) is 64.2 Å². The van der Waals surface area contributed by atoms with Gasteiger partial charge in [-0.1, -0.05) is 36.7 Å². The van der Waals surface area contributed by atoms with E-state index in [1.54, 1.807) is 0 Å². The van der Waals surface area contributed by atoms with E-state index in [0.29, 0.717) is 6.61 Å². The van der Waals surface area contributed by atoms with Crippen LogP contribution in [0.3, 0.4) is 0 Å². The summed E-state index contributed by atoms with van der Waals surface area (Å²) in [7, 11) is 0. The Morgan fingerprint density at radius 3 is 2.57 bits per heavy atom. The molecule has 0 spiro atoms. The third-order valence-electron chi connectivity index (χ3n) is 3.31. The maximum Gasteiger partial charge on any atom is 0.119 e. The summed E-state index contributed by atoms with van der Waals surface area (Å²) in [5.74, 6) is 0.900. The number of ether oxygens (including phenoxy) is 1. The molecule has 0 saturated carbocycles. The summed E-state index contributed by atoms with van der Waals surface area (Å²) in [4.78, 5) is 0. The maximum absolute atomic E-state index is 6.21. The summed E-state index contributed by atoms with van der Waals surface area (Å²) < 4.78 is 5.60. The van der Waals surface area contributed by atoms with Crippen molar-refractivity contribution in [1.29, 1.82) is 0 Å². The van der Waals surface area contributed by atoms with E-state index in [4.69, 9.17) is 16.3 Å². The van der Waals surface area contributed by atoms with Crippen LogP contribution < -0.4 is 10.1 Å². The van der Waals surface area contributed by atoms with E-state index < -0.39 is 0 Å². The van der Waals surface area contributed by atoms with Gasteiger partial charge in [-0.05, 0) is 61.3 Å². The molecule has 2 aromatic carbocycles. The minimum Gasteiger partial charge on any atom is -0.494 e. The van der Waals surface area contributed by atoms with Crippen molar-refractivity contribution in [2.45, 2.75) is 26.8 Å². The Kier molecular flexibility index (Phi) is 5.66. The Bertz CT molecular complexity index is 577. The number of rotatable bonds is 6. The lowest BCUT2D eigenvalue weighted by Crippen LogP contribution is -2.22. The van der Waals surface area contributed by atoms with Crippen molar-refractivity contribution >= 4 is 11.6 Å². The molecule has 0 aromatic heterocycles. The van der Waals surface area contributed by atoms with Crippen molar-refractivity contribution < 1.29 is 4.74 Å². The molecular formula is C18H22ClNO. The van der Waals surface area contributed by atoms with Crippen LogP contribution in [-0.2, 0) is 0 Å². The first kappa shape index (κ1) is 15.9. The zero-order valence-corrected chi connectivity index (χ0v) is 13.6. The van der Waals surface area contributed by atoms with Crippen LogP contribution in [0.4, 0.5) is 0 Å². The van der Waals surface area contributed by atoms with Crippen LogP contribution in [-0.4, -0.2) is 13.2 Å². The number of aryl methyl sites for hydroxylation is 1. The number of nitrogens with one attached hydrogen (secondary N) is 1. The van der Waals surface area contributed by atoms with Crippen LogP contribution in [0.15, 0.2) is 42.5 Å². The predicted molar refractivity (Wildman–Crippen MR) is 89.3 cm³/mol. The van der Waals surface area contributed by atoms with E-state index in [2.05, 4.69) is 37.4 Å². The smallest absolute Gasteiger partial charge is 0.119 e. The zero-order chi connectivity index (χ0) is 15.2. The second-order valence-electron chi connectivity index (χ2n) is 5.06. The first-order valence-corrected chi connectivity index (χ1v) is 7.75. The lowest BCUT2D eigenvalue weighted by atomic mass is 9.97. The molecule has 0 fully saturated rings. The van der Waals surface area contributed by atoms with Gasteiger partial charge in [-0.3, -0.25) is 0 Å². The summed E-state index contributed by atoms with van der Waals surface area (Å²) >= 11 is 6.21. The molecule has 21 heavy (non-hydrogen) atoms. The molecule has 1 unspecified atom stereocenters. The summed E-state index contributed by atoms with van der Waals surface area (Å²) in [6.07, 6.45) is 0. The third-order valence-corrected chi connectivity index (χ3v) is 3.53. The van der Waals surface area contributed by atoms with Gasteiger partial charge in [-0.15, -0.1) is 0 Å². The van der Waals surface area contributed by atoms with Crippen molar-refractivity contribution in [2.24, 2.45) is 0 Å². The monoisotopic (exact) mass is 303 g/mol. The molecule has 1 atom stereocenters. The fraction of sp³-hybridized carbons (Fsp3) is 0.333. The second-order valence-corrected chi connectivity index (χ2v) is 5.49. The predicted octanol–water partition coefficient (Wildman–Crippen LogP) is 4.75. The average Bonchev–Trinajstić information content (AvgIpc) is 2.44. The molecule has 0 aliphatic carbocycles. The van der Waals surface area contributed by atoms with E-state index in [1.165, 1.54) is 16.7 Å². The molecule has 3 heteroatoms. The van der Waals surface area contributed by atoms with Crippen LogP contribution in [0, 0.1) is 6.92 Å². The normalized spacial score (nSPS) is 12.2. The minimum atomic E-state index is 0.118. The third kappa shape index (κ3) is 4.23. The highest BCUT2D eigenvalue weighted by molar-refractivity contribution is 6.30. The molecule has 112 valence electrons. The maximum atomic E-state index is 6.21. The van der Waals surface area contributed by atoms with Crippen molar-refractivity contribution in [3.63, 3.8) is 0 Å². The number of hydrogen-bond donors (Lipinski definition) is 1. The Labute approximate surface area is 132 Å². The molecule has 0 bridgehead atoms. The van der Waals surface area contributed by atoms with E-state index in [1.807, 2.05) is 31.2 Å². The van der Waals surface area contributed by atoms with Crippen LogP contribution in [0.5, 0.6) is 5.75 Å². The van der Waals surface area contributed by atoms with Crippen LogP contribution in [0.1, 0.15) is 36.6 Å². The van der Waals surface area contributed by atoms with Gasteiger partial charge < -0.3 is 10.1 Å². The van der Waals surface area contributed by atoms with E-state index in [0.717, 1.165) is 17.3 Å². The quantitative estimate of drug-likeness (QED) is 0.832. The Hall–Kier alpha value is -1.51. The molecular weight excluding hydrogens is 282 g/mol. The Morgan fingerprint density at radius 1 is 1.10 bits per heavy atom. The summed E-state index contributed by atoms with van der Waals surface area (Å²) in [6.45, 7) is 7.72. The molecule has 0 amide bonds. The first-order chi connectivity index (χ1) is 10.1. The lowest BCUT2D eigenvalue weighted by molar-refractivity contribution is 0.339. The van der Waals surface area contributed by atoms with E-state index in [-0.39, 0.29) is 6.04 Å². The topological polar surface area (TPSA) is 21.3 Å². The zero-order valence-electron chi connectivity index (χ0n) is 12.8. The fourth-order valence-corrected chi connectivity index (χ4v) is 2.81. The molecule has 2 rings (SSSR count). The number of hydrogen-bond acceptors (Lipinski definition) is 2. The molecule has 2 nitrogen and oxygen atoms in total. The number of halogens is 1. The first-order valence-electron chi connectivity index (χ1n) is 7.37. The summed E-state index contributed by atoms with van der Waals surface area (Å²) in [5.41, 5.74) is 3.53. The highest BCUT2D eigenvalue weighted by atomic mass is 35.5. The van der Waals surface area contributed by atoms with E-state index >= 15 is 0 Å². The standard InChI is InChI=1S/C18H22ClNO/c1-4-20-18(15-9-13(3)10-16(19)11-15)14-7-6-8-17(12-14)21-5-2/h6-12,18,20H,4-5H2,1-3H3. The van der Waals surface area contributed by atoms with Gasteiger partial charge in [0.15, 0.2) is 0 Å². The molecule has 0 saturated heterocycles. The summed E-state index contributed by atoms with van der Waals surface area (Å²) in [5, 5.41) is 4.30. The van der Waals surface area contributed by atoms with Gasteiger partial charge in [0, 0.05) is 5.02 Å². The van der Waals surface area contributed by atoms with Gasteiger partial charge in [-0.25, -0.2) is 0 Å². The van der Waals surface area contributed by atoms with Gasteiger partial charge in [0.2, 0.25) is 0 Å². The molecule has 0 heterocycles. The number of benzene rings is 2. The van der Waals surface area contributed by atoms with Gasteiger partial charge in [0.1, 0.15) is 5.75 Å². The highest BCUT2D eigenvalue weighted by Gasteiger charge is 2.14. The van der Waals surface area contributed by atoms with Crippen LogP contribution in [0.25, 0.3) is 0 Å². The molecule has 0 radical (unpaired) electrons. The molecule has 1 N–H and O–H groups in total. The van der Waals surface area contributed by atoms with Gasteiger partial charge in [0.25, 0.3) is 0 Å². The molecule has 0 aliphatic heterocycles. The van der Waals surface area contributed by atoms with Gasteiger partial charge >= 0.3 is 0 Å².